The molecule has 0 bridgehead atoms. The summed E-state index contributed by atoms with van der Waals surface area (Å²) in [5.74, 6) is -0.830. The Hall–Kier alpha value is -1.63. The number of hydroxylamine groups is 1. The van der Waals surface area contributed by atoms with Crippen molar-refractivity contribution in [2.75, 3.05) is 20.3 Å². The lowest BCUT2D eigenvalue weighted by atomic mass is 9.73. The summed E-state index contributed by atoms with van der Waals surface area (Å²) in [6.07, 6.45) is 0.585. The second-order valence-electron chi connectivity index (χ2n) is 6.70. The van der Waals surface area contributed by atoms with Gasteiger partial charge in [0.15, 0.2) is 0 Å². The summed E-state index contributed by atoms with van der Waals surface area (Å²) < 4.78 is 10.2. The van der Waals surface area contributed by atoms with Crippen LogP contribution in [0.15, 0.2) is 0 Å². The Morgan fingerprint density at radius 1 is 0.958 bits per heavy atom. The van der Waals surface area contributed by atoms with Crippen molar-refractivity contribution in [3.8, 4) is 0 Å². The van der Waals surface area contributed by atoms with Gasteiger partial charge in [-0.3, -0.25) is 14.4 Å². The Labute approximate surface area is 144 Å². The van der Waals surface area contributed by atoms with Crippen LogP contribution in [0.1, 0.15) is 53.9 Å². The van der Waals surface area contributed by atoms with Gasteiger partial charge in [0.1, 0.15) is 13.2 Å². The van der Waals surface area contributed by atoms with Gasteiger partial charge in [0, 0.05) is 7.05 Å². The molecule has 0 heterocycles. The highest BCUT2D eigenvalue weighted by molar-refractivity contribution is 5.78. The van der Waals surface area contributed by atoms with Gasteiger partial charge in [-0.05, 0) is 25.2 Å². The molecule has 0 aliphatic carbocycles. The van der Waals surface area contributed by atoms with Crippen LogP contribution in [0.5, 0.6) is 0 Å². The summed E-state index contributed by atoms with van der Waals surface area (Å²) in [6.45, 7) is 10.00. The smallest absolute Gasteiger partial charge is 0.325 e. The van der Waals surface area contributed by atoms with E-state index >= 15 is 0 Å². The molecule has 7 heteroatoms. The minimum absolute atomic E-state index is 0.00589. The zero-order valence-corrected chi connectivity index (χ0v) is 15.6. The van der Waals surface area contributed by atoms with Gasteiger partial charge in [0.25, 0.3) is 0 Å². The lowest BCUT2D eigenvalue weighted by molar-refractivity contribution is -0.163. The minimum atomic E-state index is -0.560. The molecule has 0 saturated carbocycles. The van der Waals surface area contributed by atoms with E-state index in [1.165, 1.54) is 7.05 Å². The average molecular weight is 345 g/mol. The topological polar surface area (TPSA) is 90.9 Å². The van der Waals surface area contributed by atoms with Gasteiger partial charge in [-0.15, -0.1) is 0 Å². The van der Waals surface area contributed by atoms with Crippen LogP contribution in [0.3, 0.4) is 0 Å². The maximum atomic E-state index is 12.3. The number of nitrogens with one attached hydrogen (secondary N) is 1. The van der Waals surface area contributed by atoms with Crippen molar-refractivity contribution in [1.29, 1.82) is 0 Å². The van der Waals surface area contributed by atoms with E-state index < -0.39 is 17.4 Å². The zero-order chi connectivity index (χ0) is 18.8. The van der Waals surface area contributed by atoms with Crippen molar-refractivity contribution in [2.45, 2.75) is 53.9 Å². The van der Waals surface area contributed by atoms with Crippen LogP contribution in [0.4, 0.5) is 0 Å². The lowest BCUT2D eigenvalue weighted by Gasteiger charge is -2.32. The van der Waals surface area contributed by atoms with Crippen molar-refractivity contribution >= 4 is 17.9 Å². The first kappa shape index (κ1) is 22.4. The van der Waals surface area contributed by atoms with E-state index in [2.05, 4.69) is 24.2 Å². The standard InChI is InChI=1S/C17H31NO6/c1-12(2)11-17(5,13(3)4)16(21)23-10-9-22-14(19)7-8-15(20)24-18-6/h12-13,18H,7-11H2,1-6H3. The van der Waals surface area contributed by atoms with Crippen molar-refractivity contribution in [2.24, 2.45) is 17.3 Å². The molecule has 1 unspecified atom stereocenters. The van der Waals surface area contributed by atoms with Gasteiger partial charge < -0.3 is 14.3 Å². The predicted molar refractivity (Wildman–Crippen MR) is 88.7 cm³/mol. The van der Waals surface area contributed by atoms with E-state index in [4.69, 9.17) is 9.47 Å². The summed E-state index contributed by atoms with van der Waals surface area (Å²) >= 11 is 0. The van der Waals surface area contributed by atoms with Crippen LogP contribution in [-0.2, 0) is 28.7 Å². The number of carbonyl (C=O) groups is 3. The van der Waals surface area contributed by atoms with Crippen LogP contribution in [0, 0.1) is 17.3 Å². The Morgan fingerprint density at radius 2 is 1.50 bits per heavy atom. The monoisotopic (exact) mass is 345 g/mol. The maximum Gasteiger partial charge on any atom is 0.325 e. The molecule has 0 saturated heterocycles. The van der Waals surface area contributed by atoms with Crippen LogP contribution in [0.25, 0.3) is 0 Å². The van der Waals surface area contributed by atoms with E-state index in [1.807, 2.05) is 20.8 Å². The lowest BCUT2D eigenvalue weighted by Crippen LogP contribution is -2.37. The highest BCUT2D eigenvalue weighted by Gasteiger charge is 2.38. The van der Waals surface area contributed by atoms with Gasteiger partial charge in [-0.25, -0.2) is 0 Å². The molecule has 0 rings (SSSR count). The molecule has 0 amide bonds. The van der Waals surface area contributed by atoms with Crippen LogP contribution < -0.4 is 5.48 Å². The summed E-state index contributed by atoms with van der Waals surface area (Å²) in [5.41, 5.74) is 1.67. The van der Waals surface area contributed by atoms with Gasteiger partial charge in [-0.2, -0.15) is 5.48 Å². The molecule has 0 aliphatic heterocycles. The molecule has 24 heavy (non-hydrogen) atoms. The number of hydrogen-bond acceptors (Lipinski definition) is 7. The van der Waals surface area contributed by atoms with Crippen LogP contribution in [0.2, 0.25) is 0 Å². The van der Waals surface area contributed by atoms with Crippen molar-refractivity contribution < 1.29 is 28.7 Å². The summed E-state index contributed by atoms with van der Waals surface area (Å²) in [4.78, 5) is 39.3. The van der Waals surface area contributed by atoms with Crippen LogP contribution >= 0.6 is 0 Å². The van der Waals surface area contributed by atoms with Gasteiger partial charge >= 0.3 is 17.9 Å². The largest absolute Gasteiger partial charge is 0.462 e. The first-order chi connectivity index (χ1) is 11.1. The highest BCUT2D eigenvalue weighted by Crippen LogP contribution is 2.35. The van der Waals surface area contributed by atoms with Gasteiger partial charge in [0.05, 0.1) is 18.3 Å². The second-order valence-corrected chi connectivity index (χ2v) is 6.70. The quantitative estimate of drug-likeness (QED) is 0.266. The maximum absolute atomic E-state index is 12.3. The molecule has 140 valence electrons. The predicted octanol–water partition coefficient (Wildman–Crippen LogP) is 2.24. The second kappa shape index (κ2) is 11.0. The van der Waals surface area contributed by atoms with E-state index in [0.29, 0.717) is 5.92 Å². The van der Waals surface area contributed by atoms with E-state index in [1.54, 1.807) is 0 Å². The fraction of sp³-hybridized carbons (Fsp3) is 0.824. The third-order valence-corrected chi connectivity index (χ3v) is 3.90. The molecular formula is C17H31NO6. The van der Waals surface area contributed by atoms with Crippen LogP contribution in [-0.4, -0.2) is 38.2 Å². The summed E-state index contributed by atoms with van der Waals surface area (Å²) in [5, 5.41) is 0. The third-order valence-electron chi connectivity index (χ3n) is 3.90. The number of rotatable bonds is 11. The summed E-state index contributed by atoms with van der Waals surface area (Å²) in [7, 11) is 1.45. The Morgan fingerprint density at radius 3 is 2.00 bits per heavy atom. The molecule has 1 N–H and O–H groups in total. The highest BCUT2D eigenvalue weighted by atomic mass is 16.7. The zero-order valence-electron chi connectivity index (χ0n) is 15.6. The Kier molecular flexibility index (Phi) is 10.3. The van der Waals surface area contributed by atoms with Crippen molar-refractivity contribution in [1.82, 2.24) is 5.48 Å². The molecular weight excluding hydrogens is 314 g/mol. The first-order valence-corrected chi connectivity index (χ1v) is 8.32. The first-order valence-electron chi connectivity index (χ1n) is 8.32. The van der Waals surface area contributed by atoms with Gasteiger partial charge in [0.2, 0.25) is 0 Å². The molecule has 0 spiro atoms. The number of hydrogen-bond donors (Lipinski definition) is 1. The summed E-state index contributed by atoms with van der Waals surface area (Å²) in [6, 6.07) is 0. The number of esters is 2. The Balaban J connectivity index is 4.15. The minimum Gasteiger partial charge on any atom is -0.462 e. The fourth-order valence-electron chi connectivity index (χ4n) is 2.30. The number of carbonyl (C=O) groups excluding carboxylic acids is 3. The van der Waals surface area contributed by atoms with Crippen molar-refractivity contribution in [3.63, 3.8) is 0 Å². The molecule has 0 aromatic heterocycles. The van der Waals surface area contributed by atoms with Gasteiger partial charge in [-0.1, -0.05) is 27.7 Å². The molecule has 0 radical (unpaired) electrons. The number of ether oxygens (including phenoxy) is 2. The third kappa shape index (κ3) is 8.29. The van der Waals surface area contributed by atoms with E-state index in [9.17, 15) is 14.4 Å². The SMILES string of the molecule is CNOC(=O)CCC(=O)OCCOC(=O)C(C)(CC(C)C)C(C)C. The normalized spacial score (nSPS) is 13.5. The van der Waals surface area contributed by atoms with E-state index in [-0.39, 0.29) is 37.9 Å². The van der Waals surface area contributed by atoms with E-state index in [0.717, 1.165) is 6.42 Å². The molecule has 0 aromatic carbocycles. The Bertz CT molecular complexity index is 421. The molecule has 0 aliphatic rings. The molecule has 0 fully saturated rings. The molecule has 7 nitrogen and oxygen atoms in total. The molecule has 0 aromatic rings. The average Bonchev–Trinajstić information content (AvgIpc) is 2.48. The fourth-order valence-corrected chi connectivity index (χ4v) is 2.30. The van der Waals surface area contributed by atoms with Crippen molar-refractivity contribution in [3.05, 3.63) is 0 Å². The molecule has 1 atom stereocenters.